The molecule has 4 nitrogen and oxygen atoms in total. The summed E-state index contributed by atoms with van der Waals surface area (Å²) in [7, 11) is 0. The summed E-state index contributed by atoms with van der Waals surface area (Å²) >= 11 is 0. The van der Waals surface area contributed by atoms with Crippen molar-refractivity contribution in [3.05, 3.63) is 11.6 Å². The Balaban J connectivity index is 2.02. The van der Waals surface area contributed by atoms with Gasteiger partial charge in [-0.2, -0.15) is 0 Å². The Labute approximate surface area is 70.8 Å². The normalized spacial score (nSPS) is 27.6. The largest absolute Gasteiger partial charge is 0.326 e. The Hall–Kier alpha value is -0.900. The third-order valence-electron chi connectivity index (χ3n) is 2.66. The Morgan fingerprint density at radius 2 is 2.17 bits per heavy atom. The maximum atomic E-state index is 5.83. The summed E-state index contributed by atoms with van der Waals surface area (Å²) in [6.07, 6.45) is 3.47. The second-order valence-electron chi connectivity index (χ2n) is 3.82. The maximum Gasteiger partial charge on any atom is 0.136 e. The molecule has 0 spiro atoms. The Morgan fingerprint density at radius 3 is 2.92 bits per heavy atom. The Bertz CT molecular complexity index is 313. The number of hydrogen-bond acceptors (Lipinski definition) is 3. The summed E-state index contributed by atoms with van der Waals surface area (Å²) in [5.41, 5.74) is 5.83. The highest BCUT2D eigenvalue weighted by Crippen LogP contribution is 2.39. The minimum absolute atomic E-state index is 0.271. The molecule has 0 unspecified atom stereocenters. The zero-order chi connectivity index (χ0) is 8.13. The van der Waals surface area contributed by atoms with E-state index in [1.165, 1.54) is 18.7 Å². The van der Waals surface area contributed by atoms with E-state index in [2.05, 4.69) is 14.8 Å². The minimum atomic E-state index is 0.271. The summed E-state index contributed by atoms with van der Waals surface area (Å²) < 4.78 is 2.21. The van der Waals surface area contributed by atoms with E-state index in [0.29, 0.717) is 5.92 Å². The van der Waals surface area contributed by atoms with Gasteiger partial charge in [0.2, 0.25) is 0 Å². The van der Waals surface area contributed by atoms with Gasteiger partial charge in [-0.15, -0.1) is 10.2 Å². The molecule has 2 aliphatic rings. The van der Waals surface area contributed by atoms with E-state index >= 15 is 0 Å². The number of rotatable bonds is 1. The van der Waals surface area contributed by atoms with E-state index in [1.54, 1.807) is 0 Å². The SMILES string of the molecule is N[C@H]1Cc2nnc(C3CC3)n2C1. The topological polar surface area (TPSA) is 56.7 Å². The molecular weight excluding hydrogens is 152 g/mol. The predicted molar refractivity (Wildman–Crippen MR) is 43.7 cm³/mol. The lowest BCUT2D eigenvalue weighted by molar-refractivity contribution is 0.611. The van der Waals surface area contributed by atoms with Crippen LogP contribution >= 0.6 is 0 Å². The average molecular weight is 164 g/mol. The quantitative estimate of drug-likeness (QED) is 0.637. The smallest absolute Gasteiger partial charge is 0.136 e. The molecule has 0 amide bonds. The minimum Gasteiger partial charge on any atom is -0.326 e. The Morgan fingerprint density at radius 1 is 1.33 bits per heavy atom. The summed E-state index contributed by atoms with van der Waals surface area (Å²) in [5, 5.41) is 8.33. The molecule has 1 fully saturated rings. The molecule has 4 heteroatoms. The van der Waals surface area contributed by atoms with Crippen LogP contribution in [0.4, 0.5) is 0 Å². The van der Waals surface area contributed by atoms with Crippen molar-refractivity contribution in [1.29, 1.82) is 0 Å². The zero-order valence-electron chi connectivity index (χ0n) is 6.90. The van der Waals surface area contributed by atoms with Gasteiger partial charge in [0.25, 0.3) is 0 Å². The van der Waals surface area contributed by atoms with Gasteiger partial charge in [-0.3, -0.25) is 0 Å². The van der Waals surface area contributed by atoms with Crippen LogP contribution in [0.1, 0.15) is 30.4 Å². The molecule has 1 saturated carbocycles. The summed E-state index contributed by atoms with van der Waals surface area (Å²) in [5.74, 6) is 2.96. The molecule has 1 aromatic heterocycles. The molecule has 0 saturated heterocycles. The first-order valence-corrected chi connectivity index (χ1v) is 4.52. The molecule has 3 rings (SSSR count). The van der Waals surface area contributed by atoms with Gasteiger partial charge < -0.3 is 10.3 Å². The summed E-state index contributed by atoms with van der Waals surface area (Å²) in [6, 6.07) is 0.271. The average Bonchev–Trinajstić information content (AvgIpc) is 2.69. The van der Waals surface area contributed by atoms with Gasteiger partial charge in [-0.1, -0.05) is 0 Å². The van der Waals surface area contributed by atoms with Crippen LogP contribution in [0, 0.1) is 0 Å². The van der Waals surface area contributed by atoms with Crippen molar-refractivity contribution in [2.24, 2.45) is 5.73 Å². The van der Waals surface area contributed by atoms with Gasteiger partial charge in [0, 0.05) is 24.9 Å². The molecule has 1 aromatic rings. The Kier molecular flexibility index (Phi) is 1.14. The van der Waals surface area contributed by atoms with Crippen molar-refractivity contribution in [1.82, 2.24) is 14.8 Å². The monoisotopic (exact) mass is 164 g/mol. The fourth-order valence-electron chi connectivity index (χ4n) is 1.88. The molecule has 2 heterocycles. The van der Waals surface area contributed by atoms with Gasteiger partial charge in [0.05, 0.1) is 0 Å². The second-order valence-corrected chi connectivity index (χ2v) is 3.82. The first-order valence-electron chi connectivity index (χ1n) is 4.52. The van der Waals surface area contributed by atoms with Gasteiger partial charge in [0.15, 0.2) is 0 Å². The molecule has 64 valence electrons. The number of nitrogens with zero attached hydrogens (tertiary/aromatic N) is 3. The predicted octanol–water partition coefficient (Wildman–Crippen LogP) is 0.0389. The van der Waals surface area contributed by atoms with Gasteiger partial charge in [-0.05, 0) is 12.8 Å². The van der Waals surface area contributed by atoms with Gasteiger partial charge in [0.1, 0.15) is 11.6 Å². The molecule has 1 aliphatic heterocycles. The van der Waals surface area contributed by atoms with E-state index in [1.807, 2.05) is 0 Å². The second kappa shape index (κ2) is 2.07. The number of hydrogen-bond donors (Lipinski definition) is 1. The van der Waals surface area contributed by atoms with Crippen molar-refractivity contribution >= 4 is 0 Å². The van der Waals surface area contributed by atoms with Crippen LogP contribution in [0.3, 0.4) is 0 Å². The zero-order valence-corrected chi connectivity index (χ0v) is 6.90. The van der Waals surface area contributed by atoms with E-state index in [4.69, 9.17) is 5.73 Å². The molecule has 0 aromatic carbocycles. The van der Waals surface area contributed by atoms with Crippen molar-refractivity contribution < 1.29 is 0 Å². The van der Waals surface area contributed by atoms with Crippen molar-refractivity contribution in [2.75, 3.05) is 0 Å². The standard InChI is InChI=1S/C8H12N4/c9-6-3-7-10-11-8(5-1-2-5)12(7)4-6/h5-6H,1-4,9H2/t6-/m0/s1. The molecule has 1 aliphatic carbocycles. The fraction of sp³-hybridized carbons (Fsp3) is 0.750. The van der Waals surface area contributed by atoms with Crippen LogP contribution in [0.15, 0.2) is 0 Å². The highest BCUT2D eigenvalue weighted by atomic mass is 15.3. The molecule has 2 N–H and O–H groups in total. The lowest BCUT2D eigenvalue weighted by Crippen LogP contribution is -2.21. The first kappa shape index (κ1) is 6.60. The van der Waals surface area contributed by atoms with Crippen LogP contribution in [0.2, 0.25) is 0 Å². The van der Waals surface area contributed by atoms with Crippen LogP contribution in [0.25, 0.3) is 0 Å². The fourth-order valence-corrected chi connectivity index (χ4v) is 1.88. The van der Waals surface area contributed by atoms with Crippen LogP contribution in [0.5, 0.6) is 0 Å². The van der Waals surface area contributed by atoms with E-state index in [0.717, 1.165) is 18.8 Å². The van der Waals surface area contributed by atoms with Crippen molar-refractivity contribution in [3.8, 4) is 0 Å². The molecule has 0 radical (unpaired) electrons. The summed E-state index contributed by atoms with van der Waals surface area (Å²) in [6.45, 7) is 0.925. The molecule has 0 bridgehead atoms. The molecule has 1 atom stereocenters. The lowest BCUT2D eigenvalue weighted by Gasteiger charge is -2.01. The maximum absolute atomic E-state index is 5.83. The van der Waals surface area contributed by atoms with Gasteiger partial charge >= 0.3 is 0 Å². The van der Waals surface area contributed by atoms with E-state index in [-0.39, 0.29) is 6.04 Å². The molecule has 12 heavy (non-hydrogen) atoms. The number of fused-ring (bicyclic) bond motifs is 1. The summed E-state index contributed by atoms with van der Waals surface area (Å²) in [4.78, 5) is 0. The van der Waals surface area contributed by atoms with Crippen LogP contribution in [-0.4, -0.2) is 20.8 Å². The van der Waals surface area contributed by atoms with Crippen molar-refractivity contribution in [3.63, 3.8) is 0 Å². The van der Waals surface area contributed by atoms with Crippen molar-refractivity contribution in [2.45, 2.75) is 37.8 Å². The first-order chi connectivity index (χ1) is 5.84. The highest BCUT2D eigenvalue weighted by molar-refractivity contribution is 5.12. The van der Waals surface area contributed by atoms with E-state index < -0.39 is 0 Å². The lowest BCUT2D eigenvalue weighted by atomic mass is 10.3. The highest BCUT2D eigenvalue weighted by Gasteiger charge is 2.33. The number of aromatic nitrogens is 3. The van der Waals surface area contributed by atoms with Gasteiger partial charge in [-0.25, -0.2) is 0 Å². The van der Waals surface area contributed by atoms with E-state index in [9.17, 15) is 0 Å². The molecular formula is C8H12N4. The number of nitrogens with two attached hydrogens (primary N) is 1. The third-order valence-corrected chi connectivity index (χ3v) is 2.66. The van der Waals surface area contributed by atoms with Crippen LogP contribution < -0.4 is 5.73 Å². The third kappa shape index (κ3) is 0.813. The van der Waals surface area contributed by atoms with Crippen LogP contribution in [-0.2, 0) is 13.0 Å².